The topological polar surface area (TPSA) is 105 Å². The highest BCUT2D eigenvalue weighted by Gasteiger charge is 2.34. The lowest BCUT2D eigenvalue weighted by Crippen LogP contribution is -2.33. The minimum Gasteiger partial charge on any atom is -0.394 e. The Balaban J connectivity index is 2.34. The molecule has 0 amide bonds. The molecule has 1 aliphatic heterocycles. The Morgan fingerprint density at radius 3 is 3.00 bits per heavy atom. The minimum atomic E-state index is -0.816. The molecule has 1 aromatic rings. The number of nitrogens with one attached hydrogen (secondary N) is 1. The molecule has 17 heavy (non-hydrogen) atoms. The summed E-state index contributed by atoms with van der Waals surface area (Å²) in [5.74, 6) is 0. The molecule has 94 valence electrons. The zero-order chi connectivity index (χ0) is 12.6. The van der Waals surface area contributed by atoms with E-state index in [1.807, 2.05) is 0 Å². The molecule has 7 heteroatoms. The molecule has 1 aromatic heterocycles. The molecule has 2 rings (SSSR count). The van der Waals surface area contributed by atoms with Crippen LogP contribution >= 0.6 is 0 Å². The zero-order valence-corrected chi connectivity index (χ0v) is 9.29. The second-order valence-electron chi connectivity index (χ2n) is 4.09. The fourth-order valence-electron chi connectivity index (χ4n) is 1.85. The van der Waals surface area contributed by atoms with Gasteiger partial charge >= 0.3 is 5.69 Å². The van der Waals surface area contributed by atoms with Crippen LogP contribution in [0.4, 0.5) is 0 Å². The highest BCUT2D eigenvalue weighted by molar-refractivity contribution is 5.02. The summed E-state index contributed by atoms with van der Waals surface area (Å²) in [6.07, 6.45) is -0.581. The summed E-state index contributed by atoms with van der Waals surface area (Å²) in [6.45, 7) is 1.26. The van der Waals surface area contributed by atoms with Crippen LogP contribution in [-0.2, 0) is 4.74 Å². The van der Waals surface area contributed by atoms with Crippen LogP contribution in [0.1, 0.15) is 18.2 Å². The van der Waals surface area contributed by atoms with Crippen molar-refractivity contribution in [3.05, 3.63) is 32.6 Å². The molecule has 3 atom stereocenters. The molecule has 0 aromatic carbocycles. The highest BCUT2D eigenvalue weighted by atomic mass is 16.5. The molecule has 0 aliphatic carbocycles. The Morgan fingerprint density at radius 1 is 1.71 bits per heavy atom. The highest BCUT2D eigenvalue weighted by Crippen LogP contribution is 2.27. The third-order valence-electron chi connectivity index (χ3n) is 2.84. The van der Waals surface area contributed by atoms with Gasteiger partial charge in [0.1, 0.15) is 12.3 Å². The van der Waals surface area contributed by atoms with Crippen LogP contribution in [0.2, 0.25) is 0 Å². The molecule has 1 fully saturated rings. The molecule has 0 bridgehead atoms. The van der Waals surface area contributed by atoms with Crippen molar-refractivity contribution in [1.29, 1.82) is 0 Å². The molecule has 1 saturated heterocycles. The summed E-state index contributed by atoms with van der Waals surface area (Å²) in [7, 11) is 0. The summed E-state index contributed by atoms with van der Waals surface area (Å²) in [5.41, 5.74) is -0.643. The maximum absolute atomic E-state index is 11.6. The van der Waals surface area contributed by atoms with Crippen molar-refractivity contribution in [3.8, 4) is 0 Å². The van der Waals surface area contributed by atoms with E-state index < -0.39 is 29.7 Å². The Hall–Kier alpha value is -1.44. The van der Waals surface area contributed by atoms with Crippen molar-refractivity contribution in [2.45, 2.75) is 31.8 Å². The van der Waals surface area contributed by atoms with Gasteiger partial charge in [-0.3, -0.25) is 14.3 Å². The number of hydrogen-bond acceptors (Lipinski definition) is 5. The first-order valence-electron chi connectivity index (χ1n) is 5.29. The van der Waals surface area contributed by atoms with Crippen molar-refractivity contribution < 1.29 is 14.9 Å². The molecule has 3 N–H and O–H groups in total. The summed E-state index contributed by atoms with van der Waals surface area (Å²) in [6, 6.07) is 0. The van der Waals surface area contributed by atoms with E-state index in [1.54, 1.807) is 6.92 Å². The number of aryl methyl sites for hydroxylation is 1. The van der Waals surface area contributed by atoms with Gasteiger partial charge in [-0.1, -0.05) is 0 Å². The smallest absolute Gasteiger partial charge is 0.330 e. The standard InChI is InChI=1S/C10H14N2O5/c1-5-3-12(10(16)11-9(5)15)8-2-6(14)7(4-13)17-8/h3,6-8,13-14H,2,4H2,1H3,(H,11,15,16)/t6-,7+,8+/m0/s1/i10+2. The van der Waals surface area contributed by atoms with Crippen LogP contribution in [0.15, 0.2) is 15.8 Å². The largest absolute Gasteiger partial charge is 0.394 e. The average Bonchev–Trinajstić information content (AvgIpc) is 2.65. The number of aliphatic hydroxyl groups is 2. The predicted molar refractivity (Wildman–Crippen MR) is 57.7 cm³/mol. The molecular formula is C10H14N2O5. The number of aliphatic hydroxyl groups excluding tert-OH is 2. The first-order chi connectivity index (χ1) is 8.02. The second-order valence-corrected chi connectivity index (χ2v) is 4.09. The van der Waals surface area contributed by atoms with Gasteiger partial charge in [-0.05, 0) is 6.92 Å². The van der Waals surface area contributed by atoms with E-state index in [4.69, 9.17) is 9.84 Å². The predicted octanol–water partition coefficient (Wildman–Crippen LogP) is -1.51. The molecule has 0 saturated carbocycles. The minimum absolute atomic E-state index is 0.205. The number of hydrogen-bond donors (Lipinski definition) is 3. The van der Waals surface area contributed by atoms with Crippen molar-refractivity contribution in [2.24, 2.45) is 0 Å². The third-order valence-corrected chi connectivity index (χ3v) is 2.84. The fraction of sp³-hybridized carbons (Fsp3) is 0.600. The van der Waals surface area contributed by atoms with Crippen LogP contribution in [-0.4, -0.2) is 38.6 Å². The molecule has 0 radical (unpaired) electrons. The Bertz CT molecular complexity index is 520. The normalized spacial score (nSPS) is 28.5. The lowest BCUT2D eigenvalue weighted by atomic mass is 10.2. The number of nitrogens with zero attached hydrogens (tertiary/aromatic N) is 1. The van der Waals surface area contributed by atoms with Crippen LogP contribution in [0, 0.1) is 6.92 Å². The Morgan fingerprint density at radius 2 is 2.41 bits per heavy atom. The molecule has 0 spiro atoms. The van der Waals surface area contributed by atoms with Crippen LogP contribution in [0.5, 0.6) is 0 Å². The fourth-order valence-corrected chi connectivity index (χ4v) is 1.85. The first-order valence-corrected chi connectivity index (χ1v) is 5.29. The van der Waals surface area contributed by atoms with E-state index in [1.165, 1.54) is 10.8 Å². The van der Waals surface area contributed by atoms with Gasteiger partial charge in [0.15, 0.2) is 0 Å². The van der Waals surface area contributed by atoms with E-state index in [2.05, 4.69) is 4.98 Å². The van der Waals surface area contributed by atoms with Crippen molar-refractivity contribution >= 4 is 0 Å². The number of aromatic amines is 1. The number of ether oxygens (including phenoxy) is 1. The van der Waals surface area contributed by atoms with Crippen LogP contribution in [0.3, 0.4) is 0 Å². The van der Waals surface area contributed by atoms with E-state index in [0.29, 0.717) is 5.56 Å². The number of rotatable bonds is 2. The zero-order valence-electron chi connectivity index (χ0n) is 9.29. The first kappa shape index (κ1) is 12.0. The SMILES string of the molecule is Cc1cn([C@H]2C[C@H](O)[C@@H](CO)O2)[14c](=O)[nH]c1=O. The monoisotopic (exact) mass is 244 g/mol. The molecular weight excluding hydrogens is 230 g/mol. The van der Waals surface area contributed by atoms with Gasteiger partial charge in [-0.25, -0.2) is 4.79 Å². The van der Waals surface area contributed by atoms with E-state index in [-0.39, 0.29) is 13.0 Å². The Labute approximate surface area is 96.3 Å². The van der Waals surface area contributed by atoms with Crippen LogP contribution in [0.25, 0.3) is 0 Å². The van der Waals surface area contributed by atoms with Gasteiger partial charge in [-0.15, -0.1) is 0 Å². The third kappa shape index (κ3) is 2.17. The summed E-state index contributed by atoms with van der Waals surface area (Å²) < 4.78 is 6.54. The molecule has 0 unspecified atom stereocenters. The quantitative estimate of drug-likeness (QED) is 0.586. The van der Waals surface area contributed by atoms with Gasteiger partial charge in [0.2, 0.25) is 0 Å². The van der Waals surface area contributed by atoms with Gasteiger partial charge in [-0.2, -0.15) is 0 Å². The summed E-state index contributed by atoms with van der Waals surface area (Å²) in [4.78, 5) is 24.9. The average molecular weight is 244 g/mol. The maximum atomic E-state index is 11.6. The van der Waals surface area contributed by atoms with Gasteiger partial charge in [0.25, 0.3) is 5.56 Å². The molecule has 2 heterocycles. The van der Waals surface area contributed by atoms with Crippen LogP contribution < -0.4 is 11.2 Å². The molecule has 1 aliphatic rings. The van der Waals surface area contributed by atoms with Crippen molar-refractivity contribution in [3.63, 3.8) is 0 Å². The van der Waals surface area contributed by atoms with E-state index in [9.17, 15) is 14.7 Å². The van der Waals surface area contributed by atoms with Gasteiger partial charge in [0, 0.05) is 18.2 Å². The van der Waals surface area contributed by atoms with Gasteiger partial charge in [0.05, 0.1) is 12.7 Å². The maximum Gasteiger partial charge on any atom is 0.330 e. The second kappa shape index (κ2) is 4.44. The van der Waals surface area contributed by atoms with Crippen molar-refractivity contribution in [1.82, 2.24) is 9.55 Å². The molecule has 7 nitrogen and oxygen atoms in total. The number of aromatic nitrogens is 2. The van der Waals surface area contributed by atoms with Crippen molar-refractivity contribution in [2.75, 3.05) is 6.61 Å². The Kier molecular flexibility index (Phi) is 3.14. The van der Waals surface area contributed by atoms with E-state index >= 15 is 0 Å². The number of H-pyrrole nitrogens is 1. The lowest BCUT2D eigenvalue weighted by Gasteiger charge is -2.14. The lowest BCUT2D eigenvalue weighted by molar-refractivity contribution is -0.0459. The summed E-state index contributed by atoms with van der Waals surface area (Å²) >= 11 is 0. The van der Waals surface area contributed by atoms with Gasteiger partial charge < -0.3 is 14.9 Å². The van der Waals surface area contributed by atoms with E-state index in [0.717, 1.165) is 0 Å². The summed E-state index contributed by atoms with van der Waals surface area (Å²) in [5, 5.41) is 18.5.